The van der Waals surface area contributed by atoms with Crippen LogP contribution in [0, 0.1) is 14.9 Å². The Kier molecular flexibility index (Phi) is 4.70. The molecule has 0 radical (unpaired) electrons. The van der Waals surface area contributed by atoms with Gasteiger partial charge < -0.3 is 9.15 Å². The van der Waals surface area contributed by atoms with Crippen LogP contribution in [0.1, 0.15) is 12.7 Å². The number of para-hydroxylation sites is 1. The molecule has 2 aromatic heterocycles. The van der Waals surface area contributed by atoms with Gasteiger partial charge in [-0.1, -0.05) is 12.1 Å². The Morgan fingerprint density at radius 2 is 2.24 bits per heavy atom. The maximum absolute atomic E-state index is 10.7. The summed E-state index contributed by atoms with van der Waals surface area (Å²) in [6.07, 6.45) is 1.32. The number of aromatic amines is 1. The fraction of sp³-hybridized carbons (Fsp3) is 0.133. The van der Waals surface area contributed by atoms with Gasteiger partial charge in [-0.2, -0.15) is 14.9 Å². The number of rotatable bonds is 6. The molecule has 0 fully saturated rings. The molecule has 0 atom stereocenters. The van der Waals surface area contributed by atoms with E-state index in [1.165, 1.54) is 23.0 Å². The minimum absolute atomic E-state index is 0.221. The van der Waals surface area contributed by atoms with E-state index in [4.69, 9.17) is 21.4 Å². The molecule has 1 N–H and O–H groups in total. The molecule has 2 heterocycles. The molecule has 3 rings (SSSR count). The van der Waals surface area contributed by atoms with Crippen LogP contribution in [0.25, 0.3) is 11.4 Å². The van der Waals surface area contributed by atoms with E-state index in [1.54, 1.807) is 0 Å². The van der Waals surface area contributed by atoms with Crippen LogP contribution in [-0.2, 0) is 0 Å². The van der Waals surface area contributed by atoms with Crippen LogP contribution in [-0.4, -0.2) is 32.6 Å². The molecule has 0 aliphatic heterocycles. The maximum atomic E-state index is 10.7. The molecule has 25 heavy (non-hydrogen) atoms. The molecule has 0 unspecified atom stereocenters. The molecule has 0 spiro atoms. The summed E-state index contributed by atoms with van der Waals surface area (Å²) in [6, 6.07) is 10.0. The van der Waals surface area contributed by atoms with Gasteiger partial charge in [-0.3, -0.25) is 10.1 Å². The molecular weight excluding hydrogens is 346 g/mol. The Hall–Kier alpha value is -3.27. The van der Waals surface area contributed by atoms with Crippen LogP contribution >= 0.6 is 12.2 Å². The van der Waals surface area contributed by atoms with Gasteiger partial charge in [0.05, 0.1) is 24.5 Å². The average molecular weight is 359 g/mol. The predicted molar refractivity (Wildman–Crippen MR) is 92.4 cm³/mol. The summed E-state index contributed by atoms with van der Waals surface area (Å²) in [6.45, 7) is 2.39. The second-order valence-electron chi connectivity index (χ2n) is 4.77. The van der Waals surface area contributed by atoms with Gasteiger partial charge in [-0.15, -0.1) is 0 Å². The first-order valence-corrected chi connectivity index (χ1v) is 7.69. The van der Waals surface area contributed by atoms with Crippen molar-refractivity contribution in [3.63, 3.8) is 0 Å². The smallest absolute Gasteiger partial charge is 0.433 e. The molecule has 0 aliphatic rings. The number of nitrogens with one attached hydrogen (secondary N) is 1. The number of hydrogen-bond acceptors (Lipinski definition) is 7. The minimum atomic E-state index is -0.620. The molecular formula is C15H13N5O4S. The summed E-state index contributed by atoms with van der Waals surface area (Å²) in [5, 5.41) is 21.7. The molecule has 10 heteroatoms. The van der Waals surface area contributed by atoms with Crippen molar-refractivity contribution in [2.75, 3.05) is 6.61 Å². The van der Waals surface area contributed by atoms with Gasteiger partial charge in [0.15, 0.2) is 11.6 Å². The first kappa shape index (κ1) is 16.6. The third-order valence-electron chi connectivity index (χ3n) is 3.17. The van der Waals surface area contributed by atoms with Crippen molar-refractivity contribution >= 4 is 24.3 Å². The maximum Gasteiger partial charge on any atom is 0.433 e. The third kappa shape index (κ3) is 3.48. The van der Waals surface area contributed by atoms with Crippen LogP contribution in [0.3, 0.4) is 0 Å². The summed E-state index contributed by atoms with van der Waals surface area (Å²) >= 11 is 5.19. The van der Waals surface area contributed by atoms with E-state index < -0.39 is 4.92 Å². The van der Waals surface area contributed by atoms with E-state index in [0.717, 1.165) is 0 Å². The minimum Gasteiger partial charge on any atom is -0.493 e. The summed E-state index contributed by atoms with van der Waals surface area (Å²) in [7, 11) is 0. The summed E-state index contributed by atoms with van der Waals surface area (Å²) in [5.74, 6) is 0.952. The second kappa shape index (κ2) is 7.09. The van der Waals surface area contributed by atoms with Crippen LogP contribution in [0.4, 0.5) is 5.88 Å². The van der Waals surface area contributed by atoms with E-state index in [0.29, 0.717) is 23.7 Å². The topological polar surface area (TPSA) is 111 Å². The van der Waals surface area contributed by atoms with Gasteiger partial charge in [0, 0.05) is 0 Å². The fourth-order valence-corrected chi connectivity index (χ4v) is 2.31. The zero-order chi connectivity index (χ0) is 17.8. The standard InChI is InChI=1S/C15H13N5O4S/c1-2-23-12-6-4-3-5-11(12)14-17-18-15(25)19(14)16-9-10-7-8-13(24-10)20(21)22/h3-9H,2H2,1H3,(H,18,25)/b16-9-. The lowest BCUT2D eigenvalue weighted by atomic mass is 10.2. The van der Waals surface area contributed by atoms with Gasteiger partial charge in [0.2, 0.25) is 4.77 Å². The second-order valence-corrected chi connectivity index (χ2v) is 5.16. The van der Waals surface area contributed by atoms with Crippen molar-refractivity contribution in [3.05, 3.63) is 57.0 Å². The van der Waals surface area contributed by atoms with Gasteiger partial charge in [-0.05, 0) is 37.3 Å². The number of benzene rings is 1. The van der Waals surface area contributed by atoms with Gasteiger partial charge >= 0.3 is 5.88 Å². The molecule has 1 aromatic carbocycles. The van der Waals surface area contributed by atoms with E-state index >= 15 is 0 Å². The molecule has 0 bridgehead atoms. The predicted octanol–water partition coefficient (Wildman–Crippen LogP) is 3.39. The lowest BCUT2D eigenvalue weighted by Gasteiger charge is -2.08. The Labute approximate surface area is 146 Å². The number of aromatic nitrogens is 3. The summed E-state index contributed by atoms with van der Waals surface area (Å²) < 4.78 is 12.3. The van der Waals surface area contributed by atoms with Crippen LogP contribution < -0.4 is 4.74 Å². The normalized spacial score (nSPS) is 11.1. The van der Waals surface area contributed by atoms with E-state index in [-0.39, 0.29) is 16.4 Å². The highest BCUT2D eigenvalue weighted by Crippen LogP contribution is 2.28. The quantitative estimate of drug-likeness (QED) is 0.312. The highest BCUT2D eigenvalue weighted by molar-refractivity contribution is 7.71. The summed E-state index contributed by atoms with van der Waals surface area (Å²) in [5.41, 5.74) is 0.708. The zero-order valence-electron chi connectivity index (χ0n) is 13.1. The molecule has 9 nitrogen and oxygen atoms in total. The van der Waals surface area contributed by atoms with Crippen LogP contribution in [0.15, 0.2) is 45.9 Å². The van der Waals surface area contributed by atoms with Crippen molar-refractivity contribution < 1.29 is 14.1 Å². The third-order valence-corrected chi connectivity index (χ3v) is 3.44. The number of nitrogens with zero attached hydrogens (tertiary/aromatic N) is 4. The highest BCUT2D eigenvalue weighted by Gasteiger charge is 2.14. The van der Waals surface area contributed by atoms with Crippen molar-refractivity contribution in [2.45, 2.75) is 6.92 Å². The number of H-pyrrole nitrogens is 1. The Balaban J connectivity index is 1.98. The Bertz CT molecular complexity index is 988. The van der Waals surface area contributed by atoms with Crippen molar-refractivity contribution in [1.29, 1.82) is 0 Å². The number of ether oxygens (including phenoxy) is 1. The average Bonchev–Trinajstić information content (AvgIpc) is 3.21. The van der Waals surface area contributed by atoms with Crippen molar-refractivity contribution in [2.24, 2.45) is 5.10 Å². The molecule has 0 saturated heterocycles. The van der Waals surface area contributed by atoms with Gasteiger partial charge in [-0.25, -0.2) is 5.10 Å². The van der Waals surface area contributed by atoms with Crippen LogP contribution in [0.5, 0.6) is 5.75 Å². The van der Waals surface area contributed by atoms with E-state index in [9.17, 15) is 10.1 Å². The van der Waals surface area contributed by atoms with E-state index in [1.807, 2.05) is 31.2 Å². The lowest BCUT2D eigenvalue weighted by Crippen LogP contribution is -1.98. The highest BCUT2D eigenvalue weighted by atomic mass is 32.1. The Morgan fingerprint density at radius 1 is 1.44 bits per heavy atom. The van der Waals surface area contributed by atoms with Crippen molar-refractivity contribution in [1.82, 2.24) is 14.9 Å². The Morgan fingerprint density at radius 3 is 2.96 bits per heavy atom. The van der Waals surface area contributed by atoms with Gasteiger partial charge in [0.1, 0.15) is 10.7 Å². The van der Waals surface area contributed by atoms with Crippen LogP contribution in [0.2, 0.25) is 0 Å². The molecule has 128 valence electrons. The first-order chi connectivity index (χ1) is 12.1. The summed E-state index contributed by atoms with van der Waals surface area (Å²) in [4.78, 5) is 10.0. The van der Waals surface area contributed by atoms with Crippen molar-refractivity contribution in [3.8, 4) is 17.1 Å². The molecule has 0 amide bonds. The molecule has 0 saturated carbocycles. The number of hydrogen-bond donors (Lipinski definition) is 1. The monoisotopic (exact) mass is 359 g/mol. The largest absolute Gasteiger partial charge is 0.493 e. The number of nitro groups is 1. The van der Waals surface area contributed by atoms with Gasteiger partial charge in [0.25, 0.3) is 0 Å². The lowest BCUT2D eigenvalue weighted by molar-refractivity contribution is -0.402. The molecule has 0 aliphatic carbocycles. The molecule has 3 aromatic rings. The number of furan rings is 1. The fourth-order valence-electron chi connectivity index (χ4n) is 2.13. The zero-order valence-corrected chi connectivity index (χ0v) is 13.9. The SMILES string of the molecule is CCOc1ccccc1-c1n[nH]c(=S)n1/N=C\c1ccc([N+](=O)[O-])o1. The van der Waals surface area contributed by atoms with E-state index in [2.05, 4.69) is 15.3 Å². The first-order valence-electron chi connectivity index (χ1n) is 7.28.